The summed E-state index contributed by atoms with van der Waals surface area (Å²) in [7, 11) is 0. The van der Waals surface area contributed by atoms with E-state index < -0.39 is 5.92 Å². The number of para-hydroxylation sites is 1. The molecule has 8 nitrogen and oxygen atoms in total. The zero-order valence-electron chi connectivity index (χ0n) is 20.7. The van der Waals surface area contributed by atoms with Crippen molar-refractivity contribution < 1.29 is 13.6 Å². The molecular weight excluding hydrogens is 464 g/mol. The molecule has 1 aromatic carbocycles. The van der Waals surface area contributed by atoms with Crippen LogP contribution in [0.1, 0.15) is 24.2 Å². The molecule has 0 aliphatic carbocycles. The van der Waals surface area contributed by atoms with E-state index >= 15 is 0 Å². The van der Waals surface area contributed by atoms with Crippen LogP contribution in [0, 0.1) is 13.8 Å². The highest BCUT2D eigenvalue weighted by molar-refractivity contribution is 5.79. The lowest BCUT2D eigenvalue weighted by molar-refractivity contribution is -0.132. The number of carbonyl (C=O) groups excluding carboxylic acids is 1. The summed E-state index contributed by atoms with van der Waals surface area (Å²) in [5, 5.41) is 4.40. The van der Waals surface area contributed by atoms with Crippen molar-refractivity contribution in [1.29, 1.82) is 0 Å². The zero-order chi connectivity index (χ0) is 25.3. The lowest BCUT2D eigenvalue weighted by Gasteiger charge is -2.37. The van der Waals surface area contributed by atoms with E-state index in [2.05, 4.69) is 26.0 Å². The first kappa shape index (κ1) is 24.1. The number of aromatic nitrogens is 4. The number of hydrogen-bond donors (Lipinski definition) is 0. The van der Waals surface area contributed by atoms with Crippen LogP contribution in [0.15, 0.2) is 42.7 Å². The molecular formula is C26H31F2N7O. The largest absolute Gasteiger partial charge is 0.367 e. The maximum absolute atomic E-state index is 13.8. The minimum absolute atomic E-state index is 0.0708. The van der Waals surface area contributed by atoms with Crippen molar-refractivity contribution in [1.82, 2.24) is 24.6 Å². The Labute approximate surface area is 209 Å². The first-order valence-corrected chi connectivity index (χ1v) is 12.4. The fourth-order valence-corrected chi connectivity index (χ4v) is 5.01. The Kier molecular flexibility index (Phi) is 6.59. The molecule has 2 aliphatic heterocycles. The standard InChI is InChI=1S/C26H31F2N7O/c1-19-14-20(2)35(31-19)17-24(36)33-12-10-32(11-13-33)23-7-4-3-6-22(23)21-15-29-25(30-16-21)34-9-5-8-26(27,28)18-34/h3-4,6-7,14-16H,5,8-13,17-18H2,1-2H3. The molecule has 0 spiro atoms. The van der Waals surface area contributed by atoms with Gasteiger partial charge in [-0.1, -0.05) is 18.2 Å². The minimum atomic E-state index is -2.70. The summed E-state index contributed by atoms with van der Waals surface area (Å²) in [5.74, 6) is -2.29. The Balaban J connectivity index is 1.25. The topological polar surface area (TPSA) is 70.4 Å². The average Bonchev–Trinajstić information content (AvgIpc) is 3.19. The van der Waals surface area contributed by atoms with Crippen molar-refractivity contribution in [2.24, 2.45) is 0 Å². The molecule has 2 aliphatic rings. The van der Waals surface area contributed by atoms with E-state index in [4.69, 9.17) is 0 Å². The first-order valence-electron chi connectivity index (χ1n) is 12.4. The van der Waals surface area contributed by atoms with Crippen molar-refractivity contribution in [3.05, 3.63) is 54.1 Å². The van der Waals surface area contributed by atoms with E-state index in [0.29, 0.717) is 45.1 Å². The molecule has 5 rings (SSSR count). The Hall–Kier alpha value is -3.56. The molecule has 2 saturated heterocycles. The summed E-state index contributed by atoms with van der Waals surface area (Å²) in [4.78, 5) is 27.4. The monoisotopic (exact) mass is 495 g/mol. The number of hydrogen-bond acceptors (Lipinski definition) is 6. The highest BCUT2D eigenvalue weighted by atomic mass is 19.3. The molecule has 2 fully saturated rings. The van der Waals surface area contributed by atoms with Crippen LogP contribution in [0.3, 0.4) is 0 Å². The summed E-state index contributed by atoms with van der Waals surface area (Å²) in [6.07, 6.45) is 3.76. The van der Waals surface area contributed by atoms with Gasteiger partial charge in [0.15, 0.2) is 0 Å². The van der Waals surface area contributed by atoms with Gasteiger partial charge in [-0.15, -0.1) is 0 Å². The van der Waals surface area contributed by atoms with Gasteiger partial charge in [-0.05, 0) is 32.4 Å². The number of rotatable bonds is 5. The molecule has 0 atom stereocenters. The number of aryl methyl sites for hydroxylation is 2. The van der Waals surface area contributed by atoms with Crippen LogP contribution >= 0.6 is 0 Å². The number of benzene rings is 1. The van der Waals surface area contributed by atoms with E-state index in [1.165, 1.54) is 0 Å². The third-order valence-corrected chi connectivity index (χ3v) is 6.89. The Morgan fingerprint density at radius 1 is 1.00 bits per heavy atom. The minimum Gasteiger partial charge on any atom is -0.367 e. The summed E-state index contributed by atoms with van der Waals surface area (Å²) in [6, 6.07) is 10.0. The highest BCUT2D eigenvalue weighted by Crippen LogP contribution is 2.32. The van der Waals surface area contributed by atoms with Crippen LogP contribution in [0.25, 0.3) is 11.1 Å². The van der Waals surface area contributed by atoms with Gasteiger partial charge in [0.2, 0.25) is 11.9 Å². The SMILES string of the molecule is Cc1cc(C)n(CC(=O)N2CCN(c3ccccc3-c3cnc(N4CCCC(F)(F)C4)nc3)CC2)n1. The Morgan fingerprint density at radius 3 is 2.39 bits per heavy atom. The van der Waals surface area contributed by atoms with Crippen molar-refractivity contribution in [3.8, 4) is 11.1 Å². The molecule has 0 unspecified atom stereocenters. The number of halogens is 2. The van der Waals surface area contributed by atoms with Crippen molar-refractivity contribution in [2.45, 2.75) is 39.2 Å². The number of nitrogens with zero attached hydrogens (tertiary/aromatic N) is 7. The van der Waals surface area contributed by atoms with Gasteiger partial charge in [0.05, 0.1) is 12.2 Å². The molecule has 1 amide bonds. The lowest BCUT2D eigenvalue weighted by atomic mass is 10.1. The predicted octanol–water partition coefficient (Wildman–Crippen LogP) is 3.54. The number of amides is 1. The molecule has 10 heteroatoms. The third kappa shape index (κ3) is 5.17. The van der Waals surface area contributed by atoms with E-state index in [9.17, 15) is 13.6 Å². The number of carbonyl (C=O) groups is 1. The normalized spacial score (nSPS) is 17.9. The van der Waals surface area contributed by atoms with E-state index in [0.717, 1.165) is 28.2 Å². The molecule has 0 N–H and O–H groups in total. The molecule has 2 aromatic heterocycles. The lowest BCUT2D eigenvalue weighted by Crippen LogP contribution is -2.49. The third-order valence-electron chi connectivity index (χ3n) is 6.89. The van der Waals surface area contributed by atoms with Crippen LogP contribution in [0.5, 0.6) is 0 Å². The second kappa shape index (κ2) is 9.83. The summed E-state index contributed by atoms with van der Waals surface area (Å²) in [6.45, 7) is 7.01. The van der Waals surface area contributed by atoms with Crippen LogP contribution < -0.4 is 9.80 Å². The zero-order valence-corrected chi connectivity index (χ0v) is 20.7. The maximum Gasteiger partial charge on any atom is 0.265 e. The van der Waals surface area contributed by atoms with Crippen LogP contribution in [0.4, 0.5) is 20.4 Å². The summed E-state index contributed by atoms with van der Waals surface area (Å²) in [5.41, 5.74) is 4.75. The smallest absolute Gasteiger partial charge is 0.265 e. The van der Waals surface area contributed by atoms with Gasteiger partial charge in [-0.2, -0.15) is 5.10 Å². The van der Waals surface area contributed by atoms with Gasteiger partial charge in [-0.25, -0.2) is 18.7 Å². The Bertz CT molecular complexity index is 1220. The van der Waals surface area contributed by atoms with Crippen molar-refractivity contribution in [3.63, 3.8) is 0 Å². The molecule has 0 radical (unpaired) electrons. The second-order valence-corrected chi connectivity index (χ2v) is 9.62. The Morgan fingerprint density at radius 2 is 1.72 bits per heavy atom. The molecule has 0 bridgehead atoms. The molecule has 4 heterocycles. The van der Waals surface area contributed by atoms with Gasteiger partial charge >= 0.3 is 0 Å². The fraction of sp³-hybridized carbons (Fsp3) is 0.462. The van der Waals surface area contributed by atoms with Gasteiger partial charge < -0.3 is 14.7 Å². The van der Waals surface area contributed by atoms with Crippen LogP contribution in [-0.4, -0.2) is 75.7 Å². The van der Waals surface area contributed by atoms with Crippen molar-refractivity contribution in [2.75, 3.05) is 49.1 Å². The van der Waals surface area contributed by atoms with E-state index in [1.54, 1.807) is 22.0 Å². The average molecular weight is 496 g/mol. The fourth-order valence-electron chi connectivity index (χ4n) is 5.01. The number of piperazine rings is 1. The van der Waals surface area contributed by atoms with Crippen LogP contribution in [0.2, 0.25) is 0 Å². The van der Waals surface area contributed by atoms with Gasteiger partial charge in [0, 0.05) is 74.0 Å². The molecule has 36 heavy (non-hydrogen) atoms. The number of piperidine rings is 1. The molecule has 190 valence electrons. The summed E-state index contributed by atoms with van der Waals surface area (Å²) >= 11 is 0. The summed E-state index contributed by atoms with van der Waals surface area (Å²) < 4.78 is 29.4. The van der Waals surface area contributed by atoms with E-state index in [-0.39, 0.29) is 25.4 Å². The first-order chi connectivity index (χ1) is 17.3. The maximum atomic E-state index is 13.8. The molecule has 0 saturated carbocycles. The van der Waals surface area contributed by atoms with Crippen LogP contribution in [-0.2, 0) is 11.3 Å². The van der Waals surface area contributed by atoms with Crippen molar-refractivity contribution >= 4 is 17.5 Å². The van der Waals surface area contributed by atoms with Gasteiger partial charge in [0.1, 0.15) is 6.54 Å². The second-order valence-electron chi connectivity index (χ2n) is 9.62. The highest BCUT2D eigenvalue weighted by Gasteiger charge is 2.36. The predicted molar refractivity (Wildman–Crippen MR) is 134 cm³/mol. The number of alkyl halides is 2. The van der Waals surface area contributed by atoms with E-state index in [1.807, 2.05) is 43.0 Å². The quantitative estimate of drug-likeness (QED) is 0.539. The number of anilines is 2. The van der Waals surface area contributed by atoms with Gasteiger partial charge in [0.25, 0.3) is 5.92 Å². The molecule has 3 aromatic rings. The van der Waals surface area contributed by atoms with Gasteiger partial charge in [-0.3, -0.25) is 9.48 Å².